The molecule has 10 nitrogen and oxygen atoms in total. The van der Waals surface area contributed by atoms with Crippen LogP contribution in [0.5, 0.6) is 11.5 Å². The monoisotopic (exact) mass is 522 g/mol. The lowest BCUT2D eigenvalue weighted by molar-refractivity contribution is -0.117. The molecule has 11 heteroatoms. The van der Waals surface area contributed by atoms with E-state index in [2.05, 4.69) is 10.6 Å². The molecule has 2 aromatic heterocycles. The van der Waals surface area contributed by atoms with Crippen molar-refractivity contribution in [2.45, 2.75) is 25.9 Å². The highest BCUT2D eigenvalue weighted by Gasteiger charge is 2.17. The fourth-order valence-electron chi connectivity index (χ4n) is 3.82. The lowest BCUT2D eigenvalue weighted by Crippen LogP contribution is -2.41. The molecule has 0 fully saturated rings. The van der Waals surface area contributed by atoms with Gasteiger partial charge in [0.1, 0.15) is 22.7 Å². The van der Waals surface area contributed by atoms with Crippen LogP contribution in [0.4, 0.5) is 11.4 Å². The fraction of sp³-hybridized carbons (Fsp3) is 0.231. The first-order chi connectivity index (χ1) is 17.9. The molecule has 0 aliphatic carbocycles. The fourth-order valence-corrected chi connectivity index (χ4v) is 4.67. The van der Waals surface area contributed by atoms with Crippen LogP contribution in [-0.4, -0.2) is 35.2 Å². The molecular formula is C26H26N4O6S. The van der Waals surface area contributed by atoms with Gasteiger partial charge in [0.05, 0.1) is 19.7 Å². The van der Waals surface area contributed by atoms with Crippen LogP contribution >= 0.6 is 11.3 Å². The standard InChI is InChI=1S/C26H26N4O6S/c1-35-19-10-8-17(9-11-19)27-22(31)7-4-13-29-25(33)24-21(12-14-37-24)30(26(29)34)16-23(32)28-18-5-3-6-20(15-18)36-2/h3,5-6,8-12,14-15H,4,7,13,16H2,1-2H3,(H,27,31)(H,28,32). The lowest BCUT2D eigenvalue weighted by atomic mass is 10.2. The van der Waals surface area contributed by atoms with Crippen LogP contribution < -0.4 is 31.4 Å². The number of thiophene rings is 1. The minimum Gasteiger partial charge on any atom is -0.497 e. The van der Waals surface area contributed by atoms with E-state index in [-0.39, 0.29) is 31.8 Å². The van der Waals surface area contributed by atoms with E-state index < -0.39 is 17.2 Å². The largest absolute Gasteiger partial charge is 0.497 e. The zero-order valence-electron chi connectivity index (χ0n) is 20.4. The number of nitrogens with zero attached hydrogens (tertiary/aromatic N) is 2. The van der Waals surface area contributed by atoms with Crippen LogP contribution in [-0.2, 0) is 22.7 Å². The summed E-state index contributed by atoms with van der Waals surface area (Å²) in [5, 5.41) is 7.23. The maximum absolute atomic E-state index is 13.2. The van der Waals surface area contributed by atoms with Crippen molar-refractivity contribution in [2.24, 2.45) is 0 Å². The second kappa shape index (κ2) is 11.6. The molecule has 4 aromatic rings. The van der Waals surface area contributed by atoms with E-state index in [1.165, 1.54) is 23.0 Å². The summed E-state index contributed by atoms with van der Waals surface area (Å²) in [5.74, 6) is 0.592. The van der Waals surface area contributed by atoms with Gasteiger partial charge in [0, 0.05) is 30.4 Å². The lowest BCUT2D eigenvalue weighted by Gasteiger charge is -2.13. The number of carbonyl (C=O) groups excluding carboxylic acids is 2. The number of ether oxygens (including phenoxy) is 2. The first-order valence-electron chi connectivity index (χ1n) is 11.5. The summed E-state index contributed by atoms with van der Waals surface area (Å²) in [5.41, 5.74) is 0.499. The van der Waals surface area contributed by atoms with Gasteiger partial charge in [0.2, 0.25) is 11.8 Å². The molecule has 2 aromatic carbocycles. The van der Waals surface area contributed by atoms with E-state index in [1.54, 1.807) is 67.1 Å². The van der Waals surface area contributed by atoms with Crippen molar-refractivity contribution in [3.8, 4) is 11.5 Å². The summed E-state index contributed by atoms with van der Waals surface area (Å²) in [6.07, 6.45) is 0.376. The quantitative estimate of drug-likeness (QED) is 0.330. The molecule has 192 valence electrons. The number of rotatable bonds is 10. The van der Waals surface area contributed by atoms with Crippen molar-refractivity contribution in [3.63, 3.8) is 0 Å². The highest BCUT2D eigenvalue weighted by Crippen LogP contribution is 2.18. The molecule has 0 saturated heterocycles. The first-order valence-corrected chi connectivity index (χ1v) is 12.4. The molecule has 37 heavy (non-hydrogen) atoms. The summed E-state index contributed by atoms with van der Waals surface area (Å²) in [6, 6.07) is 15.4. The summed E-state index contributed by atoms with van der Waals surface area (Å²) in [7, 11) is 3.09. The Kier molecular flexibility index (Phi) is 8.04. The Balaban J connectivity index is 1.47. The van der Waals surface area contributed by atoms with Crippen molar-refractivity contribution >= 4 is 44.7 Å². The number of carbonyl (C=O) groups is 2. The molecule has 0 spiro atoms. The highest BCUT2D eigenvalue weighted by molar-refractivity contribution is 7.17. The maximum Gasteiger partial charge on any atom is 0.332 e. The van der Waals surface area contributed by atoms with Gasteiger partial charge in [-0.25, -0.2) is 4.79 Å². The van der Waals surface area contributed by atoms with E-state index in [4.69, 9.17) is 9.47 Å². The molecule has 0 saturated carbocycles. The van der Waals surface area contributed by atoms with Crippen molar-refractivity contribution in [2.75, 3.05) is 24.9 Å². The average molecular weight is 523 g/mol. The number of hydrogen-bond acceptors (Lipinski definition) is 7. The highest BCUT2D eigenvalue weighted by atomic mass is 32.1. The van der Waals surface area contributed by atoms with Gasteiger partial charge in [-0.1, -0.05) is 6.07 Å². The predicted octanol–water partition coefficient (Wildman–Crippen LogP) is 3.30. The van der Waals surface area contributed by atoms with Crippen molar-refractivity contribution in [3.05, 3.63) is 80.8 Å². The zero-order chi connectivity index (χ0) is 26.4. The minimum absolute atomic E-state index is 0.0407. The van der Waals surface area contributed by atoms with E-state index in [0.29, 0.717) is 33.1 Å². The van der Waals surface area contributed by atoms with Crippen molar-refractivity contribution in [1.82, 2.24) is 9.13 Å². The third-order valence-corrected chi connectivity index (χ3v) is 6.54. The molecule has 0 radical (unpaired) electrons. The van der Waals surface area contributed by atoms with Crippen LogP contribution in [0.1, 0.15) is 12.8 Å². The van der Waals surface area contributed by atoms with Crippen molar-refractivity contribution in [1.29, 1.82) is 0 Å². The molecule has 2 amide bonds. The Bertz CT molecular complexity index is 1540. The van der Waals surface area contributed by atoms with Crippen molar-refractivity contribution < 1.29 is 19.1 Å². The normalized spacial score (nSPS) is 10.8. The Morgan fingerprint density at radius 1 is 0.865 bits per heavy atom. The van der Waals surface area contributed by atoms with Gasteiger partial charge in [-0.05, 0) is 54.3 Å². The number of methoxy groups -OCH3 is 2. The van der Waals surface area contributed by atoms with Crippen LogP contribution in [0.25, 0.3) is 10.2 Å². The summed E-state index contributed by atoms with van der Waals surface area (Å²) in [4.78, 5) is 51.3. The first kappa shape index (κ1) is 25.7. The number of aromatic nitrogens is 2. The van der Waals surface area contributed by atoms with Crippen LogP contribution in [0.3, 0.4) is 0 Å². The minimum atomic E-state index is -0.604. The average Bonchev–Trinajstić information content (AvgIpc) is 3.39. The topological polar surface area (TPSA) is 121 Å². The zero-order valence-corrected chi connectivity index (χ0v) is 21.2. The van der Waals surface area contributed by atoms with Gasteiger partial charge in [-0.3, -0.25) is 23.5 Å². The molecule has 0 aliphatic rings. The molecule has 2 N–H and O–H groups in total. The molecule has 0 unspecified atom stereocenters. The van der Waals surface area contributed by atoms with Gasteiger partial charge < -0.3 is 20.1 Å². The summed E-state index contributed by atoms with van der Waals surface area (Å²) < 4.78 is 13.0. The van der Waals surface area contributed by atoms with E-state index >= 15 is 0 Å². The molecule has 0 atom stereocenters. The second-order valence-electron chi connectivity index (χ2n) is 8.12. The third kappa shape index (κ3) is 6.07. The Morgan fingerprint density at radius 2 is 1.59 bits per heavy atom. The van der Waals surface area contributed by atoms with Gasteiger partial charge in [-0.2, -0.15) is 0 Å². The third-order valence-electron chi connectivity index (χ3n) is 5.65. The number of fused-ring (bicyclic) bond motifs is 1. The molecule has 4 rings (SSSR count). The number of hydrogen-bond donors (Lipinski definition) is 2. The second-order valence-corrected chi connectivity index (χ2v) is 9.04. The van der Waals surface area contributed by atoms with Gasteiger partial charge in [0.15, 0.2) is 0 Å². The number of benzene rings is 2. The van der Waals surface area contributed by atoms with Gasteiger partial charge in [-0.15, -0.1) is 11.3 Å². The Morgan fingerprint density at radius 3 is 2.32 bits per heavy atom. The van der Waals surface area contributed by atoms with E-state index in [9.17, 15) is 19.2 Å². The van der Waals surface area contributed by atoms with Crippen LogP contribution in [0, 0.1) is 0 Å². The Hall–Kier alpha value is -4.38. The maximum atomic E-state index is 13.2. The molecular weight excluding hydrogens is 496 g/mol. The smallest absolute Gasteiger partial charge is 0.332 e. The van der Waals surface area contributed by atoms with E-state index in [0.717, 1.165) is 4.57 Å². The molecule has 0 aliphatic heterocycles. The van der Waals surface area contributed by atoms with Crippen LogP contribution in [0.15, 0.2) is 69.6 Å². The SMILES string of the molecule is COc1ccc(NC(=O)CCCn2c(=O)c3sccc3n(CC(=O)Nc3cccc(OC)c3)c2=O)cc1. The number of nitrogens with one attached hydrogen (secondary N) is 2. The molecule has 2 heterocycles. The summed E-state index contributed by atoms with van der Waals surface area (Å²) >= 11 is 1.20. The molecule has 0 bridgehead atoms. The van der Waals surface area contributed by atoms with Gasteiger partial charge >= 0.3 is 5.69 Å². The van der Waals surface area contributed by atoms with Crippen LogP contribution in [0.2, 0.25) is 0 Å². The summed E-state index contributed by atoms with van der Waals surface area (Å²) in [6.45, 7) is -0.236. The number of amides is 2. The van der Waals surface area contributed by atoms with E-state index in [1.807, 2.05) is 0 Å². The Labute approximate surface area is 216 Å². The predicted molar refractivity (Wildman–Crippen MR) is 143 cm³/mol. The van der Waals surface area contributed by atoms with Gasteiger partial charge in [0.25, 0.3) is 5.56 Å². The number of anilines is 2.